The van der Waals surface area contributed by atoms with Crippen molar-refractivity contribution in [1.29, 1.82) is 0 Å². The Balaban J connectivity index is 1.53. The number of likely N-dealkylation sites (tertiary alicyclic amines) is 1. The third kappa shape index (κ3) is 2.77. The summed E-state index contributed by atoms with van der Waals surface area (Å²) in [7, 11) is 2.13. The standard InChI is InChI=1S/C19H24N4O2S/c1-22(11-6-7-11)18-17-13-4-2-3-5-14(13)26-19(17)21-15(20-18)8-16(25)23-9-12(24)10-23/h11-12,24H,2-10H2,1H3. The minimum Gasteiger partial charge on any atom is -0.389 e. The molecule has 1 saturated heterocycles. The van der Waals surface area contributed by atoms with E-state index < -0.39 is 0 Å². The number of thiophene rings is 1. The molecule has 1 amide bonds. The van der Waals surface area contributed by atoms with Gasteiger partial charge in [0.05, 0.1) is 17.9 Å². The number of hydrogen-bond donors (Lipinski definition) is 1. The molecular weight excluding hydrogens is 348 g/mol. The van der Waals surface area contributed by atoms with Crippen LogP contribution in [0.4, 0.5) is 5.82 Å². The number of β-amino-alcohol motifs (C(OH)–C–C–N with tert-alkyl or cyclic N) is 1. The van der Waals surface area contributed by atoms with Crippen LogP contribution >= 0.6 is 11.3 Å². The van der Waals surface area contributed by atoms with Gasteiger partial charge in [0.15, 0.2) is 0 Å². The number of aromatic nitrogens is 2. The van der Waals surface area contributed by atoms with Crippen LogP contribution in [0.25, 0.3) is 10.2 Å². The zero-order chi connectivity index (χ0) is 17.8. The Morgan fingerprint density at radius 1 is 1.27 bits per heavy atom. The maximum absolute atomic E-state index is 12.4. The number of nitrogens with zero attached hydrogens (tertiary/aromatic N) is 4. The molecule has 3 heterocycles. The van der Waals surface area contributed by atoms with E-state index in [1.807, 2.05) is 0 Å². The summed E-state index contributed by atoms with van der Waals surface area (Å²) in [5.74, 6) is 1.64. The molecule has 0 radical (unpaired) electrons. The molecular formula is C19H24N4O2S. The predicted molar refractivity (Wildman–Crippen MR) is 102 cm³/mol. The topological polar surface area (TPSA) is 69.6 Å². The number of anilines is 1. The van der Waals surface area contributed by atoms with Gasteiger partial charge in [-0.15, -0.1) is 11.3 Å². The molecule has 1 saturated carbocycles. The van der Waals surface area contributed by atoms with Gasteiger partial charge in [0.25, 0.3) is 0 Å². The zero-order valence-electron chi connectivity index (χ0n) is 15.1. The van der Waals surface area contributed by atoms with Gasteiger partial charge in [0.1, 0.15) is 16.5 Å². The molecule has 2 aromatic rings. The van der Waals surface area contributed by atoms with E-state index in [2.05, 4.69) is 11.9 Å². The van der Waals surface area contributed by atoms with Gasteiger partial charge >= 0.3 is 0 Å². The minimum absolute atomic E-state index is 0.0102. The third-order valence-electron chi connectivity index (χ3n) is 5.79. The lowest BCUT2D eigenvalue weighted by molar-refractivity contribution is -0.140. The SMILES string of the molecule is CN(c1nc(CC(=O)N2CC(O)C2)nc2sc3c(c12)CCCC3)C1CC1. The number of aliphatic hydroxyl groups excluding tert-OH is 1. The van der Waals surface area contributed by atoms with E-state index in [4.69, 9.17) is 9.97 Å². The van der Waals surface area contributed by atoms with E-state index in [0.717, 1.165) is 23.5 Å². The van der Waals surface area contributed by atoms with E-state index in [1.165, 1.54) is 41.5 Å². The van der Waals surface area contributed by atoms with Gasteiger partial charge in [-0.25, -0.2) is 9.97 Å². The highest BCUT2D eigenvalue weighted by Crippen LogP contribution is 2.41. The summed E-state index contributed by atoms with van der Waals surface area (Å²) in [5.41, 5.74) is 1.45. The highest BCUT2D eigenvalue weighted by atomic mass is 32.1. The molecule has 1 N–H and O–H groups in total. The Morgan fingerprint density at radius 2 is 2.04 bits per heavy atom. The summed E-state index contributed by atoms with van der Waals surface area (Å²) in [6.45, 7) is 0.867. The fourth-order valence-electron chi connectivity index (χ4n) is 4.06. The number of rotatable bonds is 4. The van der Waals surface area contributed by atoms with Crippen molar-refractivity contribution in [2.24, 2.45) is 0 Å². The molecule has 1 aliphatic heterocycles. The van der Waals surface area contributed by atoms with Crippen LogP contribution < -0.4 is 4.90 Å². The zero-order valence-corrected chi connectivity index (χ0v) is 15.9. The van der Waals surface area contributed by atoms with Crippen molar-refractivity contribution in [2.45, 2.75) is 57.1 Å². The summed E-state index contributed by atoms with van der Waals surface area (Å²) in [4.78, 5) is 28.5. The number of fused-ring (bicyclic) bond motifs is 3. The molecule has 0 spiro atoms. The normalized spacial score (nSPS) is 20.2. The number of aryl methyl sites for hydroxylation is 2. The van der Waals surface area contributed by atoms with E-state index in [1.54, 1.807) is 16.2 Å². The Hall–Kier alpha value is -1.73. The van der Waals surface area contributed by atoms with Crippen molar-refractivity contribution in [3.05, 3.63) is 16.3 Å². The fourth-order valence-corrected chi connectivity index (χ4v) is 5.33. The van der Waals surface area contributed by atoms with Crippen LogP contribution in [-0.2, 0) is 24.1 Å². The van der Waals surface area contributed by atoms with Crippen molar-refractivity contribution in [3.63, 3.8) is 0 Å². The summed E-state index contributed by atoms with van der Waals surface area (Å²) in [6.07, 6.45) is 7.03. The molecule has 2 aliphatic carbocycles. The van der Waals surface area contributed by atoms with Gasteiger partial charge in [-0.2, -0.15) is 0 Å². The van der Waals surface area contributed by atoms with Gasteiger partial charge in [-0.3, -0.25) is 4.79 Å². The first kappa shape index (κ1) is 16.4. The highest BCUT2D eigenvalue weighted by Gasteiger charge is 2.32. The van der Waals surface area contributed by atoms with Gasteiger partial charge in [-0.05, 0) is 44.1 Å². The minimum atomic E-state index is -0.372. The first-order chi connectivity index (χ1) is 12.6. The van der Waals surface area contributed by atoms with E-state index in [-0.39, 0.29) is 18.4 Å². The average molecular weight is 372 g/mol. The van der Waals surface area contributed by atoms with Crippen LogP contribution in [-0.4, -0.2) is 58.2 Å². The smallest absolute Gasteiger partial charge is 0.230 e. The number of carbonyl (C=O) groups excluding carboxylic acids is 1. The van der Waals surface area contributed by atoms with Gasteiger partial charge in [0.2, 0.25) is 5.91 Å². The van der Waals surface area contributed by atoms with Crippen LogP contribution in [0.5, 0.6) is 0 Å². The Labute approximate surface area is 156 Å². The number of amides is 1. The van der Waals surface area contributed by atoms with Gasteiger partial charge in [0, 0.05) is 31.1 Å². The molecule has 138 valence electrons. The molecule has 6 nitrogen and oxygen atoms in total. The summed E-state index contributed by atoms with van der Waals surface area (Å²) >= 11 is 1.79. The number of hydrogen-bond acceptors (Lipinski definition) is 6. The first-order valence-electron chi connectivity index (χ1n) is 9.60. The Bertz CT molecular complexity index is 870. The molecule has 0 atom stereocenters. The van der Waals surface area contributed by atoms with Crippen LogP contribution in [0, 0.1) is 0 Å². The molecule has 5 rings (SSSR count). The molecule has 2 aromatic heterocycles. The monoisotopic (exact) mass is 372 g/mol. The number of aliphatic hydroxyl groups is 1. The van der Waals surface area contributed by atoms with E-state index in [9.17, 15) is 9.90 Å². The van der Waals surface area contributed by atoms with Crippen LogP contribution in [0.1, 0.15) is 41.9 Å². The van der Waals surface area contributed by atoms with Crippen molar-refractivity contribution in [3.8, 4) is 0 Å². The molecule has 3 aliphatic rings. The summed E-state index contributed by atoms with van der Waals surface area (Å²) < 4.78 is 0. The lowest BCUT2D eigenvalue weighted by atomic mass is 9.97. The maximum atomic E-state index is 12.4. The highest BCUT2D eigenvalue weighted by molar-refractivity contribution is 7.19. The van der Waals surface area contributed by atoms with Gasteiger partial charge < -0.3 is 14.9 Å². The van der Waals surface area contributed by atoms with Crippen LogP contribution in [0.3, 0.4) is 0 Å². The fraction of sp³-hybridized carbons (Fsp3) is 0.632. The maximum Gasteiger partial charge on any atom is 0.230 e. The molecule has 0 aromatic carbocycles. The number of carbonyl (C=O) groups is 1. The van der Waals surface area contributed by atoms with Crippen molar-refractivity contribution in [1.82, 2.24) is 14.9 Å². The Morgan fingerprint density at radius 3 is 2.77 bits per heavy atom. The second kappa shape index (κ2) is 6.16. The largest absolute Gasteiger partial charge is 0.389 e. The average Bonchev–Trinajstić information content (AvgIpc) is 3.38. The molecule has 2 fully saturated rings. The summed E-state index contributed by atoms with van der Waals surface area (Å²) in [5, 5.41) is 10.7. The molecule has 7 heteroatoms. The predicted octanol–water partition coefficient (Wildman–Crippen LogP) is 1.91. The van der Waals surface area contributed by atoms with Crippen molar-refractivity contribution >= 4 is 33.3 Å². The Kier molecular flexibility index (Phi) is 3.90. The molecule has 0 unspecified atom stereocenters. The summed E-state index contributed by atoms with van der Waals surface area (Å²) in [6, 6.07) is 0.571. The van der Waals surface area contributed by atoms with Crippen molar-refractivity contribution in [2.75, 3.05) is 25.0 Å². The van der Waals surface area contributed by atoms with Gasteiger partial charge in [-0.1, -0.05) is 0 Å². The third-order valence-corrected chi connectivity index (χ3v) is 6.98. The van der Waals surface area contributed by atoms with E-state index in [0.29, 0.717) is 25.0 Å². The molecule has 0 bridgehead atoms. The quantitative estimate of drug-likeness (QED) is 0.888. The lowest BCUT2D eigenvalue weighted by Gasteiger charge is -2.35. The van der Waals surface area contributed by atoms with Crippen molar-refractivity contribution < 1.29 is 9.90 Å². The van der Waals surface area contributed by atoms with Crippen LogP contribution in [0.15, 0.2) is 0 Å². The first-order valence-corrected chi connectivity index (χ1v) is 10.4. The molecule has 26 heavy (non-hydrogen) atoms. The lowest BCUT2D eigenvalue weighted by Crippen LogP contribution is -2.54. The second-order valence-electron chi connectivity index (χ2n) is 7.83. The van der Waals surface area contributed by atoms with E-state index >= 15 is 0 Å². The second-order valence-corrected chi connectivity index (χ2v) is 8.91. The van der Waals surface area contributed by atoms with Crippen LogP contribution in [0.2, 0.25) is 0 Å².